The summed E-state index contributed by atoms with van der Waals surface area (Å²) in [4.78, 5) is 2.14. The molecule has 0 saturated carbocycles. The molecule has 0 saturated heterocycles. The molecule has 0 aromatic carbocycles. The fraction of sp³-hybridized carbons (Fsp3) is 0.800. The van der Waals surface area contributed by atoms with E-state index in [9.17, 15) is 0 Å². The molecule has 5 heteroatoms. The van der Waals surface area contributed by atoms with Crippen LogP contribution in [0.1, 0.15) is 51.3 Å². The molecule has 0 aliphatic carbocycles. The highest BCUT2D eigenvalue weighted by Crippen LogP contribution is 2.31. The van der Waals surface area contributed by atoms with Gasteiger partial charge in [0.2, 0.25) is 0 Å². The quantitative estimate of drug-likeness (QED) is 0.761. The molecule has 20 heavy (non-hydrogen) atoms. The van der Waals surface area contributed by atoms with E-state index in [0.29, 0.717) is 10.9 Å². The zero-order chi connectivity index (χ0) is 15.1. The number of nitrogens with zero attached hydrogens (tertiary/aromatic N) is 3. The van der Waals surface area contributed by atoms with E-state index in [2.05, 4.69) is 37.9 Å². The zero-order valence-electron chi connectivity index (χ0n) is 13.3. The predicted molar refractivity (Wildman–Crippen MR) is 86.0 cm³/mol. The van der Waals surface area contributed by atoms with E-state index < -0.39 is 0 Å². The minimum Gasteiger partial charge on any atom is -0.322 e. The van der Waals surface area contributed by atoms with Crippen molar-refractivity contribution in [2.75, 3.05) is 20.6 Å². The summed E-state index contributed by atoms with van der Waals surface area (Å²) < 4.78 is 1.97. The third-order valence-corrected chi connectivity index (χ3v) is 4.16. The van der Waals surface area contributed by atoms with Crippen molar-refractivity contribution in [3.05, 3.63) is 16.9 Å². The number of hydrogen-bond donors (Lipinski definition) is 1. The Morgan fingerprint density at radius 2 is 2.10 bits per heavy atom. The fourth-order valence-corrected chi connectivity index (χ4v) is 2.77. The molecule has 1 heterocycles. The number of rotatable bonds is 9. The van der Waals surface area contributed by atoms with E-state index in [1.165, 1.54) is 12.8 Å². The Bertz CT molecular complexity index is 389. The molecule has 2 unspecified atom stereocenters. The second-order valence-electron chi connectivity index (χ2n) is 5.74. The van der Waals surface area contributed by atoms with Gasteiger partial charge in [0.05, 0.1) is 29.5 Å². The topological polar surface area (TPSA) is 47.1 Å². The Morgan fingerprint density at radius 3 is 2.65 bits per heavy atom. The van der Waals surface area contributed by atoms with Crippen LogP contribution in [0.25, 0.3) is 0 Å². The summed E-state index contributed by atoms with van der Waals surface area (Å²) in [5.74, 6) is 0.474. The molecule has 4 nitrogen and oxygen atoms in total. The molecular weight excluding hydrogens is 272 g/mol. The third-order valence-electron chi connectivity index (χ3n) is 3.87. The second kappa shape index (κ2) is 8.65. The van der Waals surface area contributed by atoms with Gasteiger partial charge in [-0.3, -0.25) is 4.68 Å². The Morgan fingerprint density at radius 1 is 1.40 bits per heavy atom. The number of likely N-dealkylation sites (N-methyl/N-ethyl adjacent to an activating group) is 1. The second-order valence-corrected chi connectivity index (χ2v) is 6.15. The van der Waals surface area contributed by atoms with Crippen molar-refractivity contribution < 1.29 is 0 Å². The fourth-order valence-electron chi connectivity index (χ4n) is 2.50. The van der Waals surface area contributed by atoms with E-state index in [0.717, 1.165) is 31.6 Å². The average molecular weight is 301 g/mol. The first-order chi connectivity index (χ1) is 9.51. The van der Waals surface area contributed by atoms with Crippen molar-refractivity contribution in [1.29, 1.82) is 0 Å². The molecule has 1 aromatic rings. The highest BCUT2D eigenvalue weighted by Gasteiger charge is 2.23. The Kier molecular flexibility index (Phi) is 7.56. The molecule has 0 amide bonds. The van der Waals surface area contributed by atoms with Gasteiger partial charge >= 0.3 is 0 Å². The van der Waals surface area contributed by atoms with Crippen LogP contribution in [-0.2, 0) is 6.54 Å². The van der Waals surface area contributed by atoms with Crippen LogP contribution in [0.4, 0.5) is 0 Å². The van der Waals surface area contributed by atoms with Crippen LogP contribution in [0.5, 0.6) is 0 Å². The maximum atomic E-state index is 6.48. The molecule has 0 spiro atoms. The smallest absolute Gasteiger partial charge is 0.0834 e. The van der Waals surface area contributed by atoms with Gasteiger partial charge in [-0.1, -0.05) is 44.7 Å². The van der Waals surface area contributed by atoms with Crippen LogP contribution in [0.3, 0.4) is 0 Å². The standard InChI is InChI=1S/C15H29ClN4/c1-5-7-8-12(6-2)14(17)15-13(16)11-18-20(15)10-9-19(3)4/h11-12,14H,5-10,17H2,1-4H3. The van der Waals surface area contributed by atoms with E-state index in [4.69, 9.17) is 17.3 Å². The first kappa shape index (κ1) is 17.5. The van der Waals surface area contributed by atoms with Crippen LogP contribution < -0.4 is 5.73 Å². The van der Waals surface area contributed by atoms with Crippen molar-refractivity contribution in [3.63, 3.8) is 0 Å². The van der Waals surface area contributed by atoms with Gasteiger partial charge in [-0.15, -0.1) is 0 Å². The van der Waals surface area contributed by atoms with Gasteiger partial charge in [0.15, 0.2) is 0 Å². The SMILES string of the molecule is CCCCC(CC)C(N)c1c(Cl)cnn1CCN(C)C. The first-order valence-corrected chi connectivity index (χ1v) is 8.00. The monoisotopic (exact) mass is 300 g/mol. The summed E-state index contributed by atoms with van der Waals surface area (Å²) in [6.45, 7) is 6.18. The lowest BCUT2D eigenvalue weighted by Crippen LogP contribution is -2.27. The number of nitrogens with two attached hydrogens (primary N) is 1. The van der Waals surface area contributed by atoms with E-state index in [1.807, 2.05) is 4.68 Å². The molecule has 1 rings (SSSR count). The molecule has 116 valence electrons. The molecule has 2 N–H and O–H groups in total. The predicted octanol–water partition coefficient (Wildman–Crippen LogP) is 3.31. The van der Waals surface area contributed by atoms with Gasteiger partial charge in [-0.05, 0) is 26.4 Å². The molecular formula is C15H29ClN4. The minimum absolute atomic E-state index is 0.0243. The van der Waals surface area contributed by atoms with E-state index in [-0.39, 0.29) is 6.04 Å². The summed E-state index contributed by atoms with van der Waals surface area (Å²) in [7, 11) is 4.11. The van der Waals surface area contributed by atoms with Crippen molar-refractivity contribution in [1.82, 2.24) is 14.7 Å². The number of aromatic nitrogens is 2. The largest absolute Gasteiger partial charge is 0.322 e. The van der Waals surface area contributed by atoms with E-state index >= 15 is 0 Å². The van der Waals surface area contributed by atoms with Crippen molar-refractivity contribution in [3.8, 4) is 0 Å². The van der Waals surface area contributed by atoms with Gasteiger partial charge in [0.25, 0.3) is 0 Å². The van der Waals surface area contributed by atoms with Crippen molar-refractivity contribution >= 4 is 11.6 Å². The van der Waals surface area contributed by atoms with Gasteiger partial charge in [0.1, 0.15) is 0 Å². The summed E-state index contributed by atoms with van der Waals surface area (Å²) >= 11 is 6.31. The summed E-state index contributed by atoms with van der Waals surface area (Å²) in [6, 6.07) is -0.0243. The summed E-state index contributed by atoms with van der Waals surface area (Å²) in [6.07, 6.45) is 6.38. The first-order valence-electron chi connectivity index (χ1n) is 7.62. The van der Waals surface area contributed by atoms with Crippen LogP contribution in [0.15, 0.2) is 6.20 Å². The maximum Gasteiger partial charge on any atom is 0.0834 e. The Hall–Kier alpha value is -0.580. The maximum absolute atomic E-state index is 6.48. The third kappa shape index (κ3) is 4.76. The molecule has 1 aromatic heterocycles. The molecule has 0 bridgehead atoms. The number of halogens is 1. The van der Waals surface area contributed by atoms with Gasteiger partial charge in [0, 0.05) is 6.54 Å². The van der Waals surface area contributed by atoms with Gasteiger partial charge in [-0.2, -0.15) is 5.10 Å². The van der Waals surface area contributed by atoms with E-state index in [1.54, 1.807) is 6.20 Å². The van der Waals surface area contributed by atoms with Crippen molar-refractivity contribution in [2.45, 2.75) is 52.1 Å². The average Bonchev–Trinajstić information content (AvgIpc) is 2.78. The molecule has 0 aliphatic rings. The normalized spacial score (nSPS) is 14.8. The highest BCUT2D eigenvalue weighted by atomic mass is 35.5. The van der Waals surface area contributed by atoms with Crippen LogP contribution in [0, 0.1) is 5.92 Å². The van der Waals surface area contributed by atoms with Crippen molar-refractivity contribution in [2.24, 2.45) is 11.7 Å². The molecule has 0 aliphatic heterocycles. The molecule has 2 atom stereocenters. The summed E-state index contributed by atoms with van der Waals surface area (Å²) in [5, 5.41) is 5.08. The Labute approximate surface area is 128 Å². The Balaban J connectivity index is 2.84. The van der Waals surface area contributed by atoms with Crippen LogP contribution in [-0.4, -0.2) is 35.3 Å². The van der Waals surface area contributed by atoms with Gasteiger partial charge < -0.3 is 10.6 Å². The molecule has 0 fully saturated rings. The van der Waals surface area contributed by atoms with Gasteiger partial charge in [-0.25, -0.2) is 0 Å². The van der Waals surface area contributed by atoms with Crippen LogP contribution in [0.2, 0.25) is 5.02 Å². The lowest BCUT2D eigenvalue weighted by Gasteiger charge is -2.24. The van der Waals surface area contributed by atoms with Crippen LogP contribution >= 0.6 is 11.6 Å². The zero-order valence-corrected chi connectivity index (χ0v) is 14.0. The lowest BCUT2D eigenvalue weighted by atomic mass is 9.90. The number of hydrogen-bond acceptors (Lipinski definition) is 3. The highest BCUT2D eigenvalue weighted by molar-refractivity contribution is 6.31. The molecule has 0 radical (unpaired) electrons. The number of unbranched alkanes of at least 4 members (excludes halogenated alkanes) is 1. The minimum atomic E-state index is -0.0243. The summed E-state index contributed by atoms with van der Waals surface area (Å²) in [5.41, 5.74) is 7.48. The lowest BCUT2D eigenvalue weighted by molar-refractivity contribution is 0.337.